The largest absolute Gasteiger partial charge is 0.399 e. The van der Waals surface area contributed by atoms with Crippen LogP contribution in [0.25, 0.3) is 0 Å². The average molecular weight is 338 g/mol. The Hall–Kier alpha value is -1.19. The maximum Gasteiger partial charge on any atom is 0.0549 e. The molecule has 0 fully saturated rings. The summed E-state index contributed by atoms with van der Waals surface area (Å²) >= 11 is 9.46. The number of nitrogens with two attached hydrogens (primary N) is 1. The maximum absolute atomic E-state index is 6.01. The Morgan fingerprint density at radius 2 is 2.05 bits per heavy atom. The Kier molecular flexibility index (Phi) is 3.42. The van der Waals surface area contributed by atoms with Crippen molar-refractivity contribution in [2.75, 3.05) is 11.1 Å². The lowest BCUT2D eigenvalue weighted by Crippen LogP contribution is -2.07. The highest BCUT2D eigenvalue weighted by atomic mass is 79.9. The van der Waals surface area contributed by atoms with E-state index in [0.717, 1.165) is 33.7 Å². The second-order valence-electron chi connectivity index (χ2n) is 4.82. The summed E-state index contributed by atoms with van der Waals surface area (Å²) in [6, 6.07) is 12.4. The molecule has 0 radical (unpaired) electrons. The average Bonchev–Trinajstić information content (AvgIpc) is 2.76. The van der Waals surface area contributed by atoms with Crippen molar-refractivity contribution in [2.24, 2.45) is 0 Å². The molecule has 2 aromatic rings. The summed E-state index contributed by atoms with van der Waals surface area (Å²) in [4.78, 5) is 0. The van der Waals surface area contributed by atoms with E-state index in [1.165, 1.54) is 11.1 Å². The molecule has 3 rings (SSSR count). The van der Waals surface area contributed by atoms with Gasteiger partial charge < -0.3 is 11.1 Å². The van der Waals surface area contributed by atoms with E-state index in [4.69, 9.17) is 17.3 Å². The fourth-order valence-electron chi connectivity index (χ4n) is 2.57. The molecule has 1 aliphatic rings. The minimum Gasteiger partial charge on any atom is -0.399 e. The van der Waals surface area contributed by atoms with Gasteiger partial charge in [0.15, 0.2) is 0 Å². The molecule has 3 N–H and O–H groups in total. The van der Waals surface area contributed by atoms with Crippen LogP contribution in [0.4, 0.5) is 11.4 Å². The maximum atomic E-state index is 6.01. The van der Waals surface area contributed by atoms with Crippen molar-refractivity contribution in [3.63, 3.8) is 0 Å². The summed E-state index contributed by atoms with van der Waals surface area (Å²) in [5, 5.41) is 4.28. The van der Waals surface area contributed by atoms with Crippen LogP contribution in [-0.2, 0) is 6.42 Å². The second-order valence-corrected chi connectivity index (χ2v) is 6.08. The molecule has 0 spiro atoms. The van der Waals surface area contributed by atoms with Gasteiger partial charge in [-0.3, -0.25) is 0 Å². The Morgan fingerprint density at radius 1 is 1.21 bits per heavy atom. The molecule has 2 aromatic carbocycles. The number of anilines is 2. The van der Waals surface area contributed by atoms with Crippen molar-refractivity contribution in [2.45, 2.75) is 18.9 Å². The van der Waals surface area contributed by atoms with Gasteiger partial charge >= 0.3 is 0 Å². The highest BCUT2D eigenvalue weighted by Gasteiger charge is 2.22. The van der Waals surface area contributed by atoms with Crippen LogP contribution in [0.3, 0.4) is 0 Å². The van der Waals surface area contributed by atoms with E-state index in [1.54, 1.807) is 0 Å². The van der Waals surface area contributed by atoms with Crippen molar-refractivity contribution >= 4 is 38.9 Å². The van der Waals surface area contributed by atoms with Crippen LogP contribution in [-0.4, -0.2) is 0 Å². The van der Waals surface area contributed by atoms with Crippen LogP contribution in [0.1, 0.15) is 23.6 Å². The van der Waals surface area contributed by atoms with Crippen LogP contribution < -0.4 is 11.1 Å². The molecule has 0 bridgehead atoms. The molecule has 0 heterocycles. The summed E-state index contributed by atoms with van der Waals surface area (Å²) in [6.45, 7) is 0. The van der Waals surface area contributed by atoms with E-state index in [1.807, 2.05) is 24.3 Å². The zero-order valence-electron chi connectivity index (χ0n) is 10.3. The van der Waals surface area contributed by atoms with E-state index >= 15 is 0 Å². The van der Waals surface area contributed by atoms with Gasteiger partial charge in [0.25, 0.3) is 0 Å². The van der Waals surface area contributed by atoms with Gasteiger partial charge in [0, 0.05) is 15.8 Å². The van der Waals surface area contributed by atoms with Crippen LogP contribution in [0.15, 0.2) is 40.9 Å². The molecule has 0 saturated carbocycles. The molecule has 0 saturated heterocycles. The molecule has 0 aromatic heterocycles. The van der Waals surface area contributed by atoms with Crippen LogP contribution in [0.2, 0.25) is 5.02 Å². The minimum absolute atomic E-state index is 0.351. The van der Waals surface area contributed by atoms with Gasteiger partial charge in [0.1, 0.15) is 0 Å². The molecule has 98 valence electrons. The normalized spacial score (nSPS) is 17.3. The molecular formula is C15H14BrClN2. The molecule has 0 aliphatic heterocycles. The number of hydrogen-bond donors (Lipinski definition) is 2. The third kappa shape index (κ3) is 2.58. The fourth-order valence-corrected chi connectivity index (χ4v) is 3.07. The van der Waals surface area contributed by atoms with Crippen molar-refractivity contribution in [3.8, 4) is 0 Å². The van der Waals surface area contributed by atoms with E-state index in [0.29, 0.717) is 6.04 Å². The first-order valence-corrected chi connectivity index (χ1v) is 7.40. The standard InChI is InChI=1S/C15H14BrClN2/c16-13-8-11(3-5-14(13)17)19-15-6-1-9-7-10(18)2-4-12(9)15/h2-5,7-8,15,19H,1,6,18H2. The lowest BCUT2D eigenvalue weighted by molar-refractivity contribution is 0.762. The van der Waals surface area contributed by atoms with Crippen LogP contribution >= 0.6 is 27.5 Å². The fraction of sp³-hybridized carbons (Fsp3) is 0.200. The van der Waals surface area contributed by atoms with Crippen molar-refractivity contribution in [1.82, 2.24) is 0 Å². The molecule has 4 heteroatoms. The number of benzene rings is 2. The third-order valence-electron chi connectivity index (χ3n) is 3.51. The van der Waals surface area contributed by atoms with Gasteiger partial charge in [-0.25, -0.2) is 0 Å². The first-order chi connectivity index (χ1) is 9.13. The SMILES string of the molecule is Nc1ccc2c(c1)CCC2Nc1ccc(Cl)c(Br)c1. The van der Waals surface area contributed by atoms with E-state index in [9.17, 15) is 0 Å². The lowest BCUT2D eigenvalue weighted by atomic mass is 10.1. The molecule has 1 unspecified atom stereocenters. The Morgan fingerprint density at radius 3 is 2.84 bits per heavy atom. The molecule has 1 atom stereocenters. The van der Waals surface area contributed by atoms with Gasteiger partial charge in [-0.2, -0.15) is 0 Å². The Labute approximate surface area is 126 Å². The van der Waals surface area contributed by atoms with Crippen LogP contribution in [0, 0.1) is 0 Å². The van der Waals surface area contributed by atoms with Crippen molar-refractivity contribution in [1.29, 1.82) is 0 Å². The third-order valence-corrected chi connectivity index (χ3v) is 4.72. The predicted octanol–water partition coefficient (Wildman–Crippen LogP) is 4.78. The summed E-state index contributed by atoms with van der Waals surface area (Å²) in [7, 11) is 0. The van der Waals surface area contributed by atoms with Crippen molar-refractivity contribution in [3.05, 3.63) is 57.0 Å². The monoisotopic (exact) mass is 336 g/mol. The van der Waals surface area contributed by atoms with Gasteiger partial charge in [0.05, 0.1) is 11.1 Å². The van der Waals surface area contributed by atoms with Gasteiger partial charge in [-0.05, 0) is 70.2 Å². The first kappa shape index (κ1) is 12.8. The van der Waals surface area contributed by atoms with Gasteiger partial charge in [0.2, 0.25) is 0 Å². The second kappa shape index (κ2) is 5.06. The van der Waals surface area contributed by atoms with E-state index < -0.39 is 0 Å². The summed E-state index contributed by atoms with van der Waals surface area (Å²) in [5.74, 6) is 0. The summed E-state index contributed by atoms with van der Waals surface area (Å²) < 4.78 is 0.912. The lowest BCUT2D eigenvalue weighted by Gasteiger charge is -2.16. The quantitative estimate of drug-likeness (QED) is 0.774. The molecule has 1 aliphatic carbocycles. The number of fused-ring (bicyclic) bond motifs is 1. The summed E-state index contributed by atoms with van der Waals surface area (Å²) in [6.07, 6.45) is 2.17. The number of rotatable bonds is 2. The topological polar surface area (TPSA) is 38.0 Å². The van der Waals surface area contributed by atoms with Gasteiger partial charge in [-0.1, -0.05) is 17.7 Å². The van der Waals surface area contributed by atoms with Crippen molar-refractivity contribution < 1.29 is 0 Å². The number of aryl methyl sites for hydroxylation is 1. The highest BCUT2D eigenvalue weighted by molar-refractivity contribution is 9.10. The van der Waals surface area contributed by atoms with E-state index in [-0.39, 0.29) is 0 Å². The minimum atomic E-state index is 0.351. The Bertz CT molecular complexity index is 628. The number of halogens is 2. The number of hydrogen-bond acceptors (Lipinski definition) is 2. The van der Waals surface area contributed by atoms with Crippen LogP contribution in [0.5, 0.6) is 0 Å². The number of nitrogen functional groups attached to an aromatic ring is 1. The zero-order valence-corrected chi connectivity index (χ0v) is 12.6. The molecule has 19 heavy (non-hydrogen) atoms. The van der Waals surface area contributed by atoms with Gasteiger partial charge in [-0.15, -0.1) is 0 Å². The highest BCUT2D eigenvalue weighted by Crippen LogP contribution is 2.36. The number of nitrogens with one attached hydrogen (secondary N) is 1. The molecule has 2 nitrogen and oxygen atoms in total. The predicted molar refractivity (Wildman–Crippen MR) is 84.7 cm³/mol. The molecular weight excluding hydrogens is 324 g/mol. The smallest absolute Gasteiger partial charge is 0.0549 e. The molecule has 0 amide bonds. The zero-order chi connectivity index (χ0) is 13.4. The first-order valence-electron chi connectivity index (χ1n) is 6.23. The van der Waals surface area contributed by atoms with E-state index in [2.05, 4.69) is 33.4 Å². The summed E-state index contributed by atoms with van der Waals surface area (Å²) in [5.41, 5.74) is 10.4. The Balaban J connectivity index is 1.84.